The highest BCUT2D eigenvalue weighted by molar-refractivity contribution is 6.05. The number of likely N-dealkylation sites (tertiary alicyclic amines) is 1. The number of carbonyl (C=O) groups is 3. The number of hydrogen-bond donors (Lipinski definition) is 1. The van der Waals surface area contributed by atoms with Crippen LogP contribution in [-0.2, 0) is 34.0 Å². The van der Waals surface area contributed by atoms with Crippen LogP contribution in [-0.4, -0.2) is 58.9 Å². The Labute approximate surface area is 204 Å². The standard InChI is InChI=1S/C27H29N3O5/c31-25-11-10-23(26(32)28-25)30-15-22-21(27(30)33)2-1-3-24(22)34-16-18-6-4-17(5-7-18)12-29-13-19-8-9-20(14-29)35-19/h1-7,19-20,23H,8-16H2,(H,28,31,32). The maximum atomic E-state index is 13.0. The van der Waals surface area contributed by atoms with Crippen molar-refractivity contribution in [3.63, 3.8) is 0 Å². The summed E-state index contributed by atoms with van der Waals surface area (Å²) in [5, 5.41) is 2.34. The minimum atomic E-state index is -0.630. The Morgan fingerprint density at radius 2 is 1.69 bits per heavy atom. The van der Waals surface area contributed by atoms with Crippen LogP contribution in [0, 0.1) is 0 Å². The van der Waals surface area contributed by atoms with Crippen molar-refractivity contribution in [3.05, 3.63) is 64.7 Å². The molecule has 8 heteroatoms. The van der Waals surface area contributed by atoms with Crippen molar-refractivity contribution in [2.24, 2.45) is 0 Å². The first-order valence-electron chi connectivity index (χ1n) is 12.4. The van der Waals surface area contributed by atoms with E-state index in [0.29, 0.717) is 43.1 Å². The maximum Gasteiger partial charge on any atom is 0.255 e. The molecule has 1 N–H and O–H groups in total. The molecule has 4 aliphatic rings. The first kappa shape index (κ1) is 22.2. The van der Waals surface area contributed by atoms with E-state index in [4.69, 9.17) is 9.47 Å². The summed E-state index contributed by atoms with van der Waals surface area (Å²) in [6, 6.07) is 13.3. The zero-order valence-electron chi connectivity index (χ0n) is 19.6. The van der Waals surface area contributed by atoms with Crippen molar-refractivity contribution in [1.82, 2.24) is 15.1 Å². The zero-order valence-corrected chi connectivity index (χ0v) is 19.6. The average molecular weight is 476 g/mol. The van der Waals surface area contributed by atoms with Crippen LogP contribution in [0.2, 0.25) is 0 Å². The molecule has 4 heterocycles. The summed E-state index contributed by atoms with van der Waals surface area (Å²) >= 11 is 0. The van der Waals surface area contributed by atoms with E-state index in [0.717, 1.165) is 30.8 Å². The van der Waals surface area contributed by atoms with Gasteiger partial charge < -0.3 is 14.4 Å². The largest absolute Gasteiger partial charge is 0.489 e. The number of fused-ring (bicyclic) bond motifs is 3. The number of piperidine rings is 1. The number of amides is 3. The van der Waals surface area contributed by atoms with Gasteiger partial charge in [-0.15, -0.1) is 0 Å². The number of hydrogen-bond acceptors (Lipinski definition) is 6. The zero-order chi connectivity index (χ0) is 23.9. The summed E-state index contributed by atoms with van der Waals surface area (Å²) in [6.45, 7) is 3.65. The molecule has 3 fully saturated rings. The molecule has 0 saturated carbocycles. The summed E-state index contributed by atoms with van der Waals surface area (Å²) in [5.74, 6) is -0.239. The van der Waals surface area contributed by atoms with Gasteiger partial charge in [0.15, 0.2) is 0 Å². The predicted octanol–water partition coefficient (Wildman–Crippen LogP) is 2.39. The molecular weight excluding hydrogens is 446 g/mol. The van der Waals surface area contributed by atoms with E-state index in [2.05, 4.69) is 34.5 Å². The van der Waals surface area contributed by atoms with E-state index in [1.807, 2.05) is 6.07 Å². The van der Waals surface area contributed by atoms with Gasteiger partial charge in [0.2, 0.25) is 11.8 Å². The lowest BCUT2D eigenvalue weighted by Crippen LogP contribution is -2.52. The van der Waals surface area contributed by atoms with Gasteiger partial charge in [-0.2, -0.15) is 0 Å². The van der Waals surface area contributed by atoms with Crippen molar-refractivity contribution in [3.8, 4) is 5.75 Å². The van der Waals surface area contributed by atoms with Gasteiger partial charge in [0.05, 0.1) is 18.8 Å². The molecule has 4 aliphatic heterocycles. The Kier molecular flexibility index (Phi) is 5.78. The topological polar surface area (TPSA) is 88.2 Å². The van der Waals surface area contributed by atoms with Gasteiger partial charge in [-0.05, 0) is 42.5 Å². The highest BCUT2D eigenvalue weighted by atomic mass is 16.5. The van der Waals surface area contributed by atoms with Crippen LogP contribution in [0.25, 0.3) is 0 Å². The molecule has 2 aromatic rings. The second kappa shape index (κ2) is 9.09. The molecule has 2 aromatic carbocycles. The normalized spacial score (nSPS) is 26.1. The molecule has 0 aromatic heterocycles. The smallest absolute Gasteiger partial charge is 0.255 e. The molecular formula is C27H29N3O5. The first-order chi connectivity index (χ1) is 17.0. The summed E-state index contributed by atoms with van der Waals surface area (Å²) < 4.78 is 12.1. The predicted molar refractivity (Wildman–Crippen MR) is 126 cm³/mol. The van der Waals surface area contributed by atoms with Crippen LogP contribution in [0.4, 0.5) is 0 Å². The summed E-state index contributed by atoms with van der Waals surface area (Å²) in [5.41, 5.74) is 3.68. The minimum absolute atomic E-state index is 0.194. The fraction of sp³-hybridized carbons (Fsp3) is 0.444. The van der Waals surface area contributed by atoms with E-state index in [9.17, 15) is 14.4 Å². The van der Waals surface area contributed by atoms with Crippen molar-refractivity contribution in [2.45, 2.75) is 63.6 Å². The van der Waals surface area contributed by atoms with Gasteiger partial charge >= 0.3 is 0 Å². The number of nitrogens with one attached hydrogen (secondary N) is 1. The van der Waals surface area contributed by atoms with Crippen LogP contribution in [0.1, 0.15) is 52.7 Å². The maximum absolute atomic E-state index is 13.0. The van der Waals surface area contributed by atoms with Crippen LogP contribution in [0.5, 0.6) is 5.75 Å². The van der Waals surface area contributed by atoms with E-state index in [1.165, 1.54) is 18.4 Å². The van der Waals surface area contributed by atoms with Crippen LogP contribution >= 0.6 is 0 Å². The lowest BCUT2D eigenvalue weighted by molar-refractivity contribution is -0.136. The van der Waals surface area contributed by atoms with Gasteiger partial charge in [0.1, 0.15) is 18.4 Å². The first-order valence-corrected chi connectivity index (χ1v) is 12.4. The van der Waals surface area contributed by atoms with Gasteiger partial charge in [-0.25, -0.2) is 0 Å². The van der Waals surface area contributed by atoms with Gasteiger partial charge in [-0.3, -0.25) is 24.6 Å². The number of nitrogens with zero attached hydrogens (tertiary/aromatic N) is 2. The monoisotopic (exact) mass is 475 g/mol. The van der Waals surface area contributed by atoms with E-state index in [1.54, 1.807) is 17.0 Å². The number of imide groups is 1. The number of rotatable bonds is 6. The number of ether oxygens (including phenoxy) is 2. The van der Waals surface area contributed by atoms with Crippen molar-refractivity contribution >= 4 is 17.7 Å². The Morgan fingerprint density at radius 1 is 0.943 bits per heavy atom. The van der Waals surface area contributed by atoms with Crippen LogP contribution in [0.15, 0.2) is 42.5 Å². The van der Waals surface area contributed by atoms with Gasteiger partial charge in [-0.1, -0.05) is 30.3 Å². The lowest BCUT2D eigenvalue weighted by atomic mass is 10.0. The van der Waals surface area contributed by atoms with Gasteiger partial charge in [0.25, 0.3) is 5.91 Å². The quantitative estimate of drug-likeness (QED) is 0.646. The van der Waals surface area contributed by atoms with Crippen LogP contribution in [0.3, 0.4) is 0 Å². The van der Waals surface area contributed by atoms with Crippen molar-refractivity contribution in [2.75, 3.05) is 13.1 Å². The molecule has 3 amide bonds. The molecule has 3 atom stereocenters. The number of morpholine rings is 1. The molecule has 35 heavy (non-hydrogen) atoms. The SMILES string of the molecule is O=C1CCC(N2Cc3c(OCc4ccc(CN5CC6CCC(C5)O6)cc4)cccc3C2=O)C(=O)N1. The van der Waals surface area contributed by atoms with E-state index < -0.39 is 11.9 Å². The molecule has 6 rings (SSSR count). The molecule has 0 spiro atoms. The summed E-state index contributed by atoms with van der Waals surface area (Å²) in [6.07, 6.45) is 3.73. The Morgan fingerprint density at radius 3 is 2.43 bits per heavy atom. The second-order valence-corrected chi connectivity index (χ2v) is 9.94. The Balaban J connectivity index is 1.09. The third kappa shape index (κ3) is 4.44. The summed E-state index contributed by atoms with van der Waals surface area (Å²) in [4.78, 5) is 40.8. The molecule has 3 unspecified atom stereocenters. The summed E-state index contributed by atoms with van der Waals surface area (Å²) in [7, 11) is 0. The van der Waals surface area contributed by atoms with Crippen molar-refractivity contribution in [1.29, 1.82) is 0 Å². The Hall–Kier alpha value is -3.23. The number of carbonyl (C=O) groups excluding carboxylic acids is 3. The minimum Gasteiger partial charge on any atom is -0.489 e. The average Bonchev–Trinajstić information content (AvgIpc) is 3.37. The van der Waals surface area contributed by atoms with E-state index in [-0.39, 0.29) is 18.2 Å². The molecule has 3 saturated heterocycles. The second-order valence-electron chi connectivity index (χ2n) is 9.94. The molecule has 0 radical (unpaired) electrons. The number of benzene rings is 2. The van der Waals surface area contributed by atoms with Crippen molar-refractivity contribution < 1.29 is 23.9 Å². The lowest BCUT2D eigenvalue weighted by Gasteiger charge is -2.32. The van der Waals surface area contributed by atoms with Gasteiger partial charge in [0, 0.05) is 37.2 Å². The highest BCUT2D eigenvalue weighted by Gasteiger charge is 2.40. The molecule has 182 valence electrons. The van der Waals surface area contributed by atoms with Crippen LogP contribution < -0.4 is 10.1 Å². The Bertz CT molecular complexity index is 1150. The fourth-order valence-corrected chi connectivity index (χ4v) is 5.68. The fourth-order valence-electron chi connectivity index (χ4n) is 5.68. The van der Waals surface area contributed by atoms with E-state index >= 15 is 0 Å². The highest BCUT2D eigenvalue weighted by Crippen LogP contribution is 2.34. The molecule has 2 bridgehead atoms. The third-order valence-corrected chi connectivity index (χ3v) is 7.48. The third-order valence-electron chi connectivity index (χ3n) is 7.48. The molecule has 8 nitrogen and oxygen atoms in total. The molecule has 0 aliphatic carbocycles.